The van der Waals surface area contributed by atoms with Crippen LogP contribution in [-0.2, 0) is 4.79 Å². The molecule has 2 rings (SSSR count). The zero-order valence-corrected chi connectivity index (χ0v) is 12.8. The Kier molecular flexibility index (Phi) is 7.73. The van der Waals surface area contributed by atoms with Crippen LogP contribution in [0.3, 0.4) is 0 Å². The van der Waals surface area contributed by atoms with E-state index in [4.69, 9.17) is 0 Å². The molecule has 5 heteroatoms. The van der Waals surface area contributed by atoms with Crippen molar-refractivity contribution in [3.63, 3.8) is 0 Å². The molecule has 0 saturated carbocycles. The highest BCUT2D eigenvalue weighted by molar-refractivity contribution is 5.85. The van der Waals surface area contributed by atoms with Crippen molar-refractivity contribution in [2.45, 2.75) is 45.1 Å². The van der Waals surface area contributed by atoms with Gasteiger partial charge in [0, 0.05) is 18.5 Å². The number of carbonyl (C=O) groups is 1. The third-order valence-corrected chi connectivity index (χ3v) is 4.38. The van der Waals surface area contributed by atoms with Gasteiger partial charge in [0.25, 0.3) is 0 Å². The molecule has 2 aliphatic heterocycles. The molecule has 0 radical (unpaired) electrons. The number of nitrogens with zero attached hydrogens (tertiary/aromatic N) is 1. The Labute approximate surface area is 123 Å². The van der Waals surface area contributed by atoms with Crippen LogP contribution in [0.1, 0.15) is 39.0 Å². The first-order chi connectivity index (χ1) is 8.81. The first-order valence-corrected chi connectivity index (χ1v) is 7.53. The highest BCUT2D eigenvalue weighted by atomic mass is 35.5. The number of halogens is 1. The van der Waals surface area contributed by atoms with Crippen molar-refractivity contribution in [3.8, 4) is 0 Å². The summed E-state index contributed by atoms with van der Waals surface area (Å²) in [5.74, 6) is 0.517. The summed E-state index contributed by atoms with van der Waals surface area (Å²) in [6.45, 7) is 7.34. The molecule has 19 heavy (non-hydrogen) atoms. The van der Waals surface area contributed by atoms with Gasteiger partial charge < -0.3 is 10.6 Å². The van der Waals surface area contributed by atoms with E-state index in [2.05, 4.69) is 22.5 Å². The molecule has 0 spiro atoms. The van der Waals surface area contributed by atoms with E-state index in [1.807, 2.05) is 0 Å². The molecule has 2 N–H and O–H groups in total. The number of hydrogen-bond donors (Lipinski definition) is 2. The fraction of sp³-hybridized carbons (Fsp3) is 0.929. The topological polar surface area (TPSA) is 44.4 Å². The summed E-state index contributed by atoms with van der Waals surface area (Å²) in [5.41, 5.74) is 0. The van der Waals surface area contributed by atoms with Crippen LogP contribution >= 0.6 is 12.4 Å². The molecule has 0 bridgehead atoms. The Morgan fingerprint density at radius 2 is 2.00 bits per heavy atom. The van der Waals surface area contributed by atoms with Gasteiger partial charge in [0.15, 0.2) is 0 Å². The molecule has 0 aromatic heterocycles. The number of carbonyl (C=O) groups excluding carboxylic acids is 1. The molecular weight excluding hydrogens is 262 g/mol. The van der Waals surface area contributed by atoms with Crippen molar-refractivity contribution in [2.75, 3.05) is 32.7 Å². The summed E-state index contributed by atoms with van der Waals surface area (Å²) in [5, 5.41) is 6.48. The Balaban J connectivity index is 0.00000180. The van der Waals surface area contributed by atoms with E-state index in [9.17, 15) is 4.79 Å². The lowest BCUT2D eigenvalue weighted by molar-refractivity contribution is -0.126. The van der Waals surface area contributed by atoms with Crippen LogP contribution in [0, 0.1) is 5.92 Å². The van der Waals surface area contributed by atoms with E-state index in [1.54, 1.807) is 0 Å². The van der Waals surface area contributed by atoms with E-state index in [0.717, 1.165) is 39.0 Å². The number of likely N-dealkylation sites (N-methyl/N-ethyl adjacent to an activating group) is 1. The molecule has 112 valence electrons. The standard InChI is InChI=1S/C14H27N3O.ClH/c1-2-17-10-4-3-5-13(17)11-16-14(18)12-6-8-15-9-7-12;/h12-13,15H,2-11H2,1H3,(H,16,18);1H. The van der Waals surface area contributed by atoms with E-state index in [1.165, 1.54) is 25.8 Å². The number of piperidine rings is 2. The second kappa shape index (κ2) is 8.77. The quantitative estimate of drug-likeness (QED) is 0.822. The Bertz CT molecular complexity index is 269. The van der Waals surface area contributed by atoms with Crippen LogP contribution in [-0.4, -0.2) is 49.6 Å². The molecule has 0 aliphatic carbocycles. The van der Waals surface area contributed by atoms with Crippen LogP contribution < -0.4 is 10.6 Å². The van der Waals surface area contributed by atoms with E-state index in [0.29, 0.717) is 6.04 Å². The van der Waals surface area contributed by atoms with Gasteiger partial charge in [-0.2, -0.15) is 0 Å². The van der Waals surface area contributed by atoms with Crippen molar-refractivity contribution in [3.05, 3.63) is 0 Å². The largest absolute Gasteiger partial charge is 0.354 e. The summed E-state index contributed by atoms with van der Waals surface area (Å²) >= 11 is 0. The van der Waals surface area contributed by atoms with Crippen molar-refractivity contribution < 1.29 is 4.79 Å². The van der Waals surface area contributed by atoms with Crippen molar-refractivity contribution in [1.29, 1.82) is 0 Å². The average molecular weight is 290 g/mol. The molecule has 4 nitrogen and oxygen atoms in total. The molecular formula is C14H28ClN3O. The summed E-state index contributed by atoms with van der Waals surface area (Å²) in [7, 11) is 0. The van der Waals surface area contributed by atoms with Gasteiger partial charge in [-0.05, 0) is 51.9 Å². The van der Waals surface area contributed by atoms with E-state index < -0.39 is 0 Å². The maximum Gasteiger partial charge on any atom is 0.223 e. The lowest BCUT2D eigenvalue weighted by atomic mass is 9.96. The number of rotatable bonds is 4. The molecule has 0 aromatic rings. The SMILES string of the molecule is CCN1CCCCC1CNC(=O)C1CCNCC1.Cl. The minimum Gasteiger partial charge on any atom is -0.354 e. The zero-order chi connectivity index (χ0) is 12.8. The predicted octanol–water partition coefficient (Wildman–Crippen LogP) is 1.40. The fourth-order valence-electron chi connectivity index (χ4n) is 3.15. The molecule has 2 fully saturated rings. The van der Waals surface area contributed by atoms with Crippen LogP contribution in [0.15, 0.2) is 0 Å². The van der Waals surface area contributed by atoms with Crippen LogP contribution in [0.5, 0.6) is 0 Å². The fourth-order valence-corrected chi connectivity index (χ4v) is 3.15. The first-order valence-electron chi connectivity index (χ1n) is 7.53. The van der Waals surface area contributed by atoms with Crippen molar-refractivity contribution in [1.82, 2.24) is 15.5 Å². The van der Waals surface area contributed by atoms with Gasteiger partial charge in [-0.25, -0.2) is 0 Å². The zero-order valence-electron chi connectivity index (χ0n) is 12.0. The summed E-state index contributed by atoms with van der Waals surface area (Å²) < 4.78 is 0. The van der Waals surface area contributed by atoms with Crippen molar-refractivity contribution >= 4 is 18.3 Å². The summed E-state index contributed by atoms with van der Waals surface area (Å²) in [6, 6.07) is 0.564. The Morgan fingerprint density at radius 1 is 1.26 bits per heavy atom. The van der Waals surface area contributed by atoms with Gasteiger partial charge in [-0.15, -0.1) is 12.4 Å². The number of amides is 1. The smallest absolute Gasteiger partial charge is 0.223 e. The highest BCUT2D eigenvalue weighted by Crippen LogP contribution is 2.16. The number of nitrogens with one attached hydrogen (secondary N) is 2. The maximum absolute atomic E-state index is 12.1. The third kappa shape index (κ3) is 4.93. The minimum atomic E-state index is 0. The highest BCUT2D eigenvalue weighted by Gasteiger charge is 2.24. The first kappa shape index (κ1) is 16.7. The predicted molar refractivity (Wildman–Crippen MR) is 80.7 cm³/mol. The molecule has 2 heterocycles. The second-order valence-corrected chi connectivity index (χ2v) is 5.55. The van der Waals surface area contributed by atoms with Gasteiger partial charge in [0.1, 0.15) is 0 Å². The van der Waals surface area contributed by atoms with Gasteiger partial charge in [0.05, 0.1) is 0 Å². The normalized spacial score (nSPS) is 25.6. The molecule has 0 aromatic carbocycles. The van der Waals surface area contributed by atoms with E-state index in [-0.39, 0.29) is 24.2 Å². The van der Waals surface area contributed by atoms with Gasteiger partial charge >= 0.3 is 0 Å². The lowest BCUT2D eigenvalue weighted by Crippen LogP contribution is -2.48. The number of likely N-dealkylation sites (tertiary alicyclic amines) is 1. The Hall–Kier alpha value is -0.320. The monoisotopic (exact) mass is 289 g/mol. The second-order valence-electron chi connectivity index (χ2n) is 5.55. The molecule has 1 unspecified atom stereocenters. The lowest BCUT2D eigenvalue weighted by Gasteiger charge is -2.35. The average Bonchev–Trinajstić information content (AvgIpc) is 2.46. The molecule has 2 aliphatic rings. The maximum atomic E-state index is 12.1. The molecule has 1 atom stereocenters. The molecule has 1 amide bonds. The summed E-state index contributed by atoms with van der Waals surface area (Å²) in [4.78, 5) is 14.6. The van der Waals surface area contributed by atoms with E-state index >= 15 is 0 Å². The van der Waals surface area contributed by atoms with Crippen LogP contribution in [0.4, 0.5) is 0 Å². The van der Waals surface area contributed by atoms with Gasteiger partial charge in [0.2, 0.25) is 5.91 Å². The van der Waals surface area contributed by atoms with Gasteiger partial charge in [-0.3, -0.25) is 9.69 Å². The van der Waals surface area contributed by atoms with Crippen LogP contribution in [0.25, 0.3) is 0 Å². The minimum absolute atomic E-state index is 0. The van der Waals surface area contributed by atoms with Crippen LogP contribution in [0.2, 0.25) is 0 Å². The number of hydrogen-bond acceptors (Lipinski definition) is 3. The third-order valence-electron chi connectivity index (χ3n) is 4.38. The molecule has 2 saturated heterocycles. The van der Waals surface area contributed by atoms with Gasteiger partial charge in [-0.1, -0.05) is 13.3 Å². The summed E-state index contributed by atoms with van der Waals surface area (Å²) in [6.07, 6.45) is 5.85. The Morgan fingerprint density at radius 3 is 2.68 bits per heavy atom. The van der Waals surface area contributed by atoms with Crippen molar-refractivity contribution in [2.24, 2.45) is 5.92 Å².